The molecule has 6 rings (SSSR count). The molecular formula is C26H26Cl2N6O4. The van der Waals surface area contributed by atoms with Gasteiger partial charge in [0.1, 0.15) is 42.6 Å². The zero-order valence-corrected chi connectivity index (χ0v) is 22.7. The molecule has 4 aromatic rings. The summed E-state index contributed by atoms with van der Waals surface area (Å²) < 4.78 is 27.1. The fraction of sp³-hybridized carbons (Fsp3) is 0.385. The van der Waals surface area contributed by atoms with Crippen molar-refractivity contribution >= 4 is 57.3 Å². The summed E-state index contributed by atoms with van der Waals surface area (Å²) >= 11 is 12.4. The molecule has 0 aliphatic carbocycles. The molecule has 0 amide bonds. The first kappa shape index (κ1) is 25.3. The molecule has 2 aliphatic rings. The van der Waals surface area contributed by atoms with Crippen LogP contribution in [0.1, 0.15) is 20.1 Å². The van der Waals surface area contributed by atoms with E-state index in [1.54, 1.807) is 6.34 Å². The van der Waals surface area contributed by atoms with Gasteiger partial charge in [-0.15, -0.1) is 0 Å². The molecule has 1 aromatic carbocycles. The van der Waals surface area contributed by atoms with Gasteiger partial charge in [0.05, 0.1) is 27.3 Å². The molecule has 3 aromatic heterocycles. The molecule has 0 spiro atoms. The van der Waals surface area contributed by atoms with Gasteiger partial charge in [-0.1, -0.05) is 23.2 Å². The minimum Gasteiger partial charge on any atom is -0.491 e. The third kappa shape index (κ3) is 4.56. The Bertz CT molecular complexity index is 1540. The first-order chi connectivity index (χ1) is 18.2. The number of hydrogen-bond donors (Lipinski definition) is 0. The second kappa shape index (κ2) is 9.62. The van der Waals surface area contributed by atoms with Crippen LogP contribution in [0, 0.1) is 0 Å². The highest BCUT2D eigenvalue weighted by Crippen LogP contribution is 2.44. The van der Waals surface area contributed by atoms with E-state index in [0.29, 0.717) is 32.8 Å². The van der Waals surface area contributed by atoms with Crippen LogP contribution in [-0.2, 0) is 14.2 Å². The highest BCUT2D eigenvalue weighted by Gasteiger charge is 2.56. The molecule has 10 nitrogen and oxygen atoms in total. The summed E-state index contributed by atoms with van der Waals surface area (Å²) in [6.45, 7) is 4.04. The van der Waals surface area contributed by atoms with Gasteiger partial charge in [-0.05, 0) is 32.0 Å². The second-order valence-electron chi connectivity index (χ2n) is 9.91. The van der Waals surface area contributed by atoms with Gasteiger partial charge in [-0.2, -0.15) is 0 Å². The van der Waals surface area contributed by atoms with E-state index in [0.717, 1.165) is 10.8 Å². The van der Waals surface area contributed by atoms with Crippen molar-refractivity contribution in [2.75, 3.05) is 20.7 Å². The number of nitrogens with zero attached hydrogens (tertiary/aromatic N) is 6. The molecule has 12 heteroatoms. The van der Waals surface area contributed by atoms with E-state index < -0.39 is 18.1 Å². The number of halogens is 2. The molecule has 0 radical (unpaired) electrons. The molecule has 0 saturated carbocycles. The van der Waals surface area contributed by atoms with Gasteiger partial charge in [0.15, 0.2) is 17.8 Å². The third-order valence-corrected chi connectivity index (χ3v) is 7.24. The van der Waals surface area contributed by atoms with Crippen molar-refractivity contribution in [3.05, 3.63) is 53.0 Å². The molecule has 5 heterocycles. The van der Waals surface area contributed by atoms with Crippen LogP contribution in [0.4, 0.5) is 5.82 Å². The summed E-state index contributed by atoms with van der Waals surface area (Å²) in [5.41, 5.74) is 1.38. The van der Waals surface area contributed by atoms with Crippen molar-refractivity contribution in [3.63, 3.8) is 0 Å². The zero-order chi connectivity index (χ0) is 26.6. The Kier molecular flexibility index (Phi) is 6.40. The van der Waals surface area contributed by atoms with Crippen LogP contribution in [0.5, 0.6) is 5.75 Å². The minimum atomic E-state index is -0.766. The van der Waals surface area contributed by atoms with Gasteiger partial charge in [-0.25, -0.2) is 15.0 Å². The van der Waals surface area contributed by atoms with E-state index in [1.807, 2.05) is 67.9 Å². The van der Waals surface area contributed by atoms with Crippen LogP contribution >= 0.6 is 23.2 Å². The SMILES string of the molecule is CN(C)C=Nc1ncnc2c1ccn2[C@@H]1O[C@H](COc2ccc3c(Cl)c(Cl)cnc3c2)[C@H]2OC(C)(C)O[C@H]21. The van der Waals surface area contributed by atoms with Crippen molar-refractivity contribution in [2.45, 2.75) is 44.2 Å². The molecule has 0 bridgehead atoms. The predicted molar refractivity (Wildman–Crippen MR) is 144 cm³/mol. The summed E-state index contributed by atoms with van der Waals surface area (Å²) in [7, 11) is 3.81. The van der Waals surface area contributed by atoms with Crippen LogP contribution in [0.3, 0.4) is 0 Å². The maximum atomic E-state index is 6.48. The van der Waals surface area contributed by atoms with Gasteiger partial charge < -0.3 is 28.4 Å². The molecule has 2 saturated heterocycles. The van der Waals surface area contributed by atoms with Crippen molar-refractivity contribution in [2.24, 2.45) is 4.99 Å². The van der Waals surface area contributed by atoms with Crippen molar-refractivity contribution in [3.8, 4) is 5.75 Å². The van der Waals surface area contributed by atoms with E-state index in [4.69, 9.17) is 42.1 Å². The van der Waals surface area contributed by atoms with Crippen LogP contribution in [0.15, 0.2) is 48.0 Å². The summed E-state index contributed by atoms with van der Waals surface area (Å²) in [4.78, 5) is 19.5. The van der Waals surface area contributed by atoms with Crippen LogP contribution in [0.2, 0.25) is 10.0 Å². The number of ether oxygens (including phenoxy) is 4. The molecule has 198 valence electrons. The van der Waals surface area contributed by atoms with Gasteiger partial charge in [-0.3, -0.25) is 4.98 Å². The Morgan fingerprint density at radius 1 is 1.11 bits per heavy atom. The average Bonchev–Trinajstić information content (AvgIpc) is 3.54. The first-order valence-corrected chi connectivity index (χ1v) is 12.9. The lowest BCUT2D eigenvalue weighted by Gasteiger charge is -2.25. The second-order valence-corrected chi connectivity index (χ2v) is 10.7. The lowest BCUT2D eigenvalue weighted by Crippen LogP contribution is -2.33. The van der Waals surface area contributed by atoms with E-state index in [2.05, 4.69) is 19.9 Å². The van der Waals surface area contributed by atoms with Crippen LogP contribution < -0.4 is 4.74 Å². The number of pyridine rings is 1. The Labute approximate surface area is 229 Å². The van der Waals surface area contributed by atoms with Gasteiger partial charge in [0.25, 0.3) is 0 Å². The Hall–Kier alpha value is -3.02. The fourth-order valence-corrected chi connectivity index (χ4v) is 5.20. The van der Waals surface area contributed by atoms with E-state index in [9.17, 15) is 0 Å². The number of aromatic nitrogens is 4. The van der Waals surface area contributed by atoms with Gasteiger partial charge in [0, 0.05) is 37.9 Å². The largest absolute Gasteiger partial charge is 0.491 e. The zero-order valence-electron chi connectivity index (χ0n) is 21.2. The van der Waals surface area contributed by atoms with Crippen molar-refractivity contribution in [1.29, 1.82) is 0 Å². The number of fused-ring (bicyclic) bond motifs is 3. The Balaban J connectivity index is 1.27. The first-order valence-electron chi connectivity index (χ1n) is 12.1. The molecule has 0 unspecified atom stereocenters. The van der Waals surface area contributed by atoms with Crippen LogP contribution in [0.25, 0.3) is 21.9 Å². The fourth-order valence-electron chi connectivity index (χ4n) is 4.84. The number of benzene rings is 1. The normalized spacial score (nSPS) is 24.5. The summed E-state index contributed by atoms with van der Waals surface area (Å²) in [5.74, 6) is 0.442. The number of hydrogen-bond acceptors (Lipinski definition) is 8. The highest BCUT2D eigenvalue weighted by atomic mass is 35.5. The predicted octanol–water partition coefficient (Wildman–Crippen LogP) is 5.00. The summed E-state index contributed by atoms with van der Waals surface area (Å²) in [5, 5.41) is 2.44. The minimum absolute atomic E-state index is 0.247. The average molecular weight is 557 g/mol. The standard InChI is InChI=1S/C26H26Cl2N6O4/c1-26(2)37-21-19(11-35-14-5-6-15-18(9-14)29-10-17(27)20(15)28)36-25(22(21)38-26)34-8-7-16-23(32-13-33(3)4)30-12-31-24(16)34/h5-10,12-13,19,21-22,25H,11H2,1-4H3/t19-,21-,22-,25-/m1/s1. The maximum Gasteiger partial charge on any atom is 0.166 e. The summed E-state index contributed by atoms with van der Waals surface area (Å²) in [6, 6.07) is 7.43. The molecule has 0 N–H and O–H groups in total. The third-order valence-electron chi connectivity index (χ3n) is 6.45. The van der Waals surface area contributed by atoms with Gasteiger partial charge in [0.2, 0.25) is 0 Å². The van der Waals surface area contributed by atoms with Crippen molar-refractivity contribution in [1.82, 2.24) is 24.4 Å². The Morgan fingerprint density at radius 2 is 1.92 bits per heavy atom. The quantitative estimate of drug-likeness (QED) is 0.241. The monoisotopic (exact) mass is 556 g/mol. The molecular weight excluding hydrogens is 531 g/mol. The molecule has 38 heavy (non-hydrogen) atoms. The Morgan fingerprint density at radius 3 is 2.74 bits per heavy atom. The smallest absolute Gasteiger partial charge is 0.166 e. The van der Waals surface area contributed by atoms with E-state index in [-0.39, 0.29) is 18.8 Å². The topological polar surface area (TPSA) is 96.1 Å². The molecule has 4 atom stereocenters. The summed E-state index contributed by atoms with van der Waals surface area (Å²) in [6.07, 6.45) is 5.07. The van der Waals surface area contributed by atoms with E-state index >= 15 is 0 Å². The van der Waals surface area contributed by atoms with Crippen LogP contribution in [-0.4, -0.2) is 75.6 Å². The number of rotatable bonds is 6. The van der Waals surface area contributed by atoms with Crippen molar-refractivity contribution < 1.29 is 18.9 Å². The maximum absolute atomic E-state index is 6.48. The van der Waals surface area contributed by atoms with Gasteiger partial charge >= 0.3 is 0 Å². The number of aliphatic imine (C=N–C) groups is 1. The molecule has 2 aliphatic heterocycles. The van der Waals surface area contributed by atoms with E-state index in [1.165, 1.54) is 12.5 Å². The lowest BCUT2D eigenvalue weighted by atomic mass is 10.1. The highest BCUT2D eigenvalue weighted by molar-refractivity contribution is 6.45. The lowest BCUT2D eigenvalue weighted by molar-refractivity contribution is -0.198. The molecule has 2 fully saturated rings.